The molecule has 2 amide bonds. The van der Waals surface area contributed by atoms with Crippen LogP contribution in [0, 0.1) is 11.3 Å². The number of nitrogens with one attached hydrogen (secondary N) is 2. The van der Waals surface area contributed by atoms with Gasteiger partial charge in [0.15, 0.2) is 0 Å². The van der Waals surface area contributed by atoms with Crippen molar-refractivity contribution in [3.63, 3.8) is 0 Å². The van der Waals surface area contributed by atoms with Crippen LogP contribution in [0.4, 0.5) is 4.79 Å². The van der Waals surface area contributed by atoms with Gasteiger partial charge in [0.2, 0.25) is 0 Å². The van der Waals surface area contributed by atoms with Crippen LogP contribution < -0.4 is 10.6 Å². The van der Waals surface area contributed by atoms with Gasteiger partial charge >= 0.3 is 12.0 Å². The highest BCUT2D eigenvalue weighted by atomic mass is 16.4. The van der Waals surface area contributed by atoms with Crippen LogP contribution in [-0.4, -0.2) is 29.7 Å². The Morgan fingerprint density at radius 3 is 2.45 bits per heavy atom. The Labute approximate surface area is 121 Å². The largest absolute Gasteiger partial charge is 0.480 e. The van der Waals surface area contributed by atoms with E-state index in [0.717, 1.165) is 25.7 Å². The van der Waals surface area contributed by atoms with Crippen LogP contribution in [0.5, 0.6) is 0 Å². The van der Waals surface area contributed by atoms with Gasteiger partial charge in [-0.25, -0.2) is 9.59 Å². The van der Waals surface area contributed by atoms with Crippen molar-refractivity contribution in [1.82, 2.24) is 10.6 Å². The Morgan fingerprint density at radius 1 is 1.30 bits per heavy atom. The van der Waals surface area contributed by atoms with Gasteiger partial charge in [0.25, 0.3) is 0 Å². The second-order valence-corrected chi connectivity index (χ2v) is 6.60. The van der Waals surface area contributed by atoms with Crippen LogP contribution in [-0.2, 0) is 4.79 Å². The zero-order valence-electron chi connectivity index (χ0n) is 12.9. The number of unbranched alkanes of at least 4 members (excludes halogenated alkanes) is 2. The van der Waals surface area contributed by atoms with E-state index >= 15 is 0 Å². The molecule has 0 aromatic carbocycles. The van der Waals surface area contributed by atoms with Gasteiger partial charge in [0.1, 0.15) is 6.04 Å². The standard InChI is InChI=1S/C15H28N2O3/c1-4-5-6-9-15(2,3)10-16-14(20)17-12(13(18)19)11-7-8-11/h11-12H,4-10H2,1-3H3,(H,18,19)(H2,16,17,20). The Morgan fingerprint density at radius 2 is 1.95 bits per heavy atom. The number of hydrogen-bond donors (Lipinski definition) is 3. The van der Waals surface area contributed by atoms with Crippen LogP contribution in [0.2, 0.25) is 0 Å². The average Bonchev–Trinajstić information content (AvgIpc) is 3.17. The van der Waals surface area contributed by atoms with Crippen molar-refractivity contribution in [2.24, 2.45) is 11.3 Å². The summed E-state index contributed by atoms with van der Waals surface area (Å²) in [7, 11) is 0. The maximum atomic E-state index is 11.8. The minimum Gasteiger partial charge on any atom is -0.480 e. The predicted octanol–water partition coefficient (Wildman–Crippen LogP) is 2.76. The number of carbonyl (C=O) groups is 2. The van der Waals surface area contributed by atoms with Gasteiger partial charge in [-0.3, -0.25) is 0 Å². The van der Waals surface area contributed by atoms with Crippen LogP contribution in [0.25, 0.3) is 0 Å². The molecule has 1 aliphatic carbocycles. The second-order valence-electron chi connectivity index (χ2n) is 6.60. The molecule has 0 saturated heterocycles. The molecule has 5 heteroatoms. The van der Waals surface area contributed by atoms with E-state index in [2.05, 4.69) is 31.4 Å². The summed E-state index contributed by atoms with van der Waals surface area (Å²) in [5, 5.41) is 14.4. The lowest BCUT2D eigenvalue weighted by molar-refractivity contribution is -0.139. The van der Waals surface area contributed by atoms with E-state index in [9.17, 15) is 9.59 Å². The molecule has 0 aromatic rings. The first-order valence-corrected chi connectivity index (χ1v) is 7.63. The molecular formula is C15H28N2O3. The Balaban J connectivity index is 2.29. The Hall–Kier alpha value is -1.26. The number of urea groups is 1. The van der Waals surface area contributed by atoms with Gasteiger partial charge in [-0.15, -0.1) is 0 Å². The lowest BCUT2D eigenvalue weighted by Gasteiger charge is -2.25. The summed E-state index contributed by atoms with van der Waals surface area (Å²) in [4.78, 5) is 22.8. The van der Waals surface area contributed by atoms with Gasteiger partial charge in [0, 0.05) is 6.54 Å². The molecule has 1 aliphatic rings. The maximum Gasteiger partial charge on any atom is 0.326 e. The topological polar surface area (TPSA) is 78.4 Å². The summed E-state index contributed by atoms with van der Waals surface area (Å²) in [5.41, 5.74) is 0.0464. The summed E-state index contributed by atoms with van der Waals surface area (Å²) in [6.45, 7) is 6.99. The van der Waals surface area contributed by atoms with E-state index in [1.165, 1.54) is 12.8 Å². The highest BCUT2D eigenvalue weighted by Gasteiger charge is 2.37. The first-order chi connectivity index (χ1) is 9.35. The number of carboxylic acids is 1. The SMILES string of the molecule is CCCCCC(C)(C)CNC(=O)NC(C(=O)O)C1CC1. The molecular weight excluding hydrogens is 256 g/mol. The molecule has 1 rings (SSSR count). The lowest BCUT2D eigenvalue weighted by Crippen LogP contribution is -2.49. The van der Waals surface area contributed by atoms with Crippen molar-refractivity contribution in [1.29, 1.82) is 0 Å². The fraction of sp³-hybridized carbons (Fsp3) is 0.867. The van der Waals surface area contributed by atoms with Gasteiger partial charge in [0.05, 0.1) is 0 Å². The lowest BCUT2D eigenvalue weighted by atomic mass is 9.87. The van der Waals surface area contributed by atoms with Crippen LogP contribution in [0.15, 0.2) is 0 Å². The van der Waals surface area contributed by atoms with Crippen molar-refractivity contribution in [3.8, 4) is 0 Å². The molecule has 1 saturated carbocycles. The average molecular weight is 284 g/mol. The molecule has 0 spiro atoms. The van der Waals surface area contributed by atoms with E-state index in [1.54, 1.807) is 0 Å². The smallest absolute Gasteiger partial charge is 0.326 e. The Kier molecular flexibility index (Phi) is 6.30. The van der Waals surface area contributed by atoms with Crippen LogP contribution >= 0.6 is 0 Å². The third kappa shape index (κ3) is 6.26. The van der Waals surface area contributed by atoms with Crippen molar-refractivity contribution in [2.45, 2.75) is 65.3 Å². The van der Waals surface area contributed by atoms with Crippen LogP contribution in [0.1, 0.15) is 59.3 Å². The number of carboxylic acid groups (broad SMARTS) is 1. The first-order valence-electron chi connectivity index (χ1n) is 7.63. The molecule has 5 nitrogen and oxygen atoms in total. The van der Waals surface area contributed by atoms with E-state index in [1.807, 2.05) is 0 Å². The van der Waals surface area contributed by atoms with Crippen molar-refractivity contribution < 1.29 is 14.7 Å². The second kappa shape index (κ2) is 7.50. The van der Waals surface area contributed by atoms with E-state index in [-0.39, 0.29) is 17.4 Å². The molecule has 0 bridgehead atoms. The minimum absolute atomic E-state index is 0.0464. The molecule has 0 aliphatic heterocycles. The molecule has 0 aromatic heterocycles. The van der Waals surface area contributed by atoms with E-state index < -0.39 is 12.0 Å². The minimum atomic E-state index is -0.940. The van der Waals surface area contributed by atoms with E-state index in [0.29, 0.717) is 6.54 Å². The zero-order valence-corrected chi connectivity index (χ0v) is 12.9. The first kappa shape index (κ1) is 16.8. The third-order valence-corrected chi connectivity index (χ3v) is 3.83. The molecule has 0 radical (unpaired) electrons. The predicted molar refractivity (Wildman–Crippen MR) is 78.6 cm³/mol. The molecule has 20 heavy (non-hydrogen) atoms. The van der Waals surface area contributed by atoms with E-state index in [4.69, 9.17) is 5.11 Å². The van der Waals surface area contributed by atoms with Gasteiger partial charge < -0.3 is 15.7 Å². The number of hydrogen-bond acceptors (Lipinski definition) is 2. The number of carbonyl (C=O) groups excluding carboxylic acids is 1. The van der Waals surface area contributed by atoms with Crippen LogP contribution in [0.3, 0.4) is 0 Å². The Bertz CT molecular complexity index is 338. The number of amides is 2. The molecule has 1 fully saturated rings. The van der Waals surface area contributed by atoms with Crippen molar-refractivity contribution in [3.05, 3.63) is 0 Å². The zero-order chi connectivity index (χ0) is 15.2. The van der Waals surface area contributed by atoms with Gasteiger partial charge in [-0.1, -0.05) is 40.0 Å². The normalized spacial score (nSPS) is 16.6. The highest BCUT2D eigenvalue weighted by molar-refractivity contribution is 5.83. The summed E-state index contributed by atoms with van der Waals surface area (Å²) in [6.07, 6.45) is 6.39. The summed E-state index contributed by atoms with van der Waals surface area (Å²) >= 11 is 0. The monoisotopic (exact) mass is 284 g/mol. The summed E-state index contributed by atoms with van der Waals surface area (Å²) < 4.78 is 0. The third-order valence-electron chi connectivity index (χ3n) is 3.83. The molecule has 1 atom stereocenters. The molecule has 1 unspecified atom stereocenters. The number of rotatable bonds is 9. The van der Waals surface area contributed by atoms with Crippen molar-refractivity contribution in [2.75, 3.05) is 6.54 Å². The molecule has 3 N–H and O–H groups in total. The number of aliphatic carboxylic acids is 1. The molecule has 116 valence electrons. The fourth-order valence-electron chi connectivity index (χ4n) is 2.26. The molecule has 0 heterocycles. The summed E-state index contributed by atoms with van der Waals surface area (Å²) in [6, 6.07) is -1.11. The summed E-state index contributed by atoms with van der Waals surface area (Å²) in [5.74, 6) is -0.833. The van der Waals surface area contributed by atoms with Gasteiger partial charge in [-0.2, -0.15) is 0 Å². The fourth-order valence-corrected chi connectivity index (χ4v) is 2.26. The maximum absolute atomic E-state index is 11.8. The highest BCUT2D eigenvalue weighted by Crippen LogP contribution is 2.32. The van der Waals surface area contributed by atoms with Crippen molar-refractivity contribution >= 4 is 12.0 Å². The van der Waals surface area contributed by atoms with Gasteiger partial charge in [-0.05, 0) is 30.6 Å². The quantitative estimate of drug-likeness (QED) is 0.570.